The molecule has 5 aromatic rings. The SMILES string of the molecule is CC(C)n1nnc(-c2cccc(NC(=O)c3cnc4c(Nc5ccccc5)cc(N[C@H]5CC[C@H](N)CC5)nn34)c2)n1. The minimum Gasteiger partial charge on any atom is -0.366 e. The van der Waals surface area contributed by atoms with Crippen molar-refractivity contribution in [1.29, 1.82) is 0 Å². The molecule has 5 N–H and O–H groups in total. The molecule has 6 rings (SSSR count). The molecule has 41 heavy (non-hydrogen) atoms. The van der Waals surface area contributed by atoms with Crippen molar-refractivity contribution in [3.05, 3.63) is 72.6 Å². The summed E-state index contributed by atoms with van der Waals surface area (Å²) in [5.74, 6) is 0.805. The second-order valence-corrected chi connectivity index (χ2v) is 10.6. The second-order valence-electron chi connectivity index (χ2n) is 10.6. The third-order valence-corrected chi connectivity index (χ3v) is 7.15. The summed E-state index contributed by atoms with van der Waals surface area (Å²) < 4.78 is 1.58. The number of para-hydroxylation sites is 1. The van der Waals surface area contributed by atoms with Crippen LogP contribution in [0.15, 0.2) is 66.9 Å². The lowest BCUT2D eigenvalue weighted by atomic mass is 9.92. The smallest absolute Gasteiger partial charge is 0.276 e. The van der Waals surface area contributed by atoms with Gasteiger partial charge in [-0.3, -0.25) is 4.79 Å². The van der Waals surface area contributed by atoms with Gasteiger partial charge in [0.1, 0.15) is 5.82 Å². The van der Waals surface area contributed by atoms with Crippen LogP contribution in [0.2, 0.25) is 0 Å². The molecule has 0 aliphatic heterocycles. The molecule has 3 aromatic heterocycles. The average molecular weight is 552 g/mol. The normalized spacial score (nSPS) is 17.1. The molecular weight excluding hydrogens is 518 g/mol. The summed E-state index contributed by atoms with van der Waals surface area (Å²) in [5.41, 5.74) is 9.95. The van der Waals surface area contributed by atoms with E-state index < -0.39 is 0 Å². The highest BCUT2D eigenvalue weighted by Gasteiger charge is 2.22. The molecule has 0 bridgehead atoms. The molecule has 0 atom stereocenters. The first-order chi connectivity index (χ1) is 19.9. The Morgan fingerprint density at radius 1 is 0.976 bits per heavy atom. The van der Waals surface area contributed by atoms with Crippen molar-refractivity contribution in [2.24, 2.45) is 5.73 Å². The Labute approximate surface area is 237 Å². The maximum absolute atomic E-state index is 13.5. The lowest BCUT2D eigenvalue weighted by molar-refractivity contribution is 0.102. The van der Waals surface area contributed by atoms with E-state index in [0.717, 1.165) is 42.6 Å². The topological polar surface area (TPSA) is 153 Å². The lowest BCUT2D eigenvalue weighted by Gasteiger charge is -2.27. The van der Waals surface area contributed by atoms with E-state index in [2.05, 4.69) is 36.3 Å². The molecule has 0 saturated heterocycles. The summed E-state index contributed by atoms with van der Waals surface area (Å²) in [7, 11) is 0. The standard InChI is InChI=1S/C29H33N11O/c1-18(2)40-37-27(35-38-40)19-7-6-10-23(15-19)34-29(41)25-17-31-28-24(32-21-8-4-3-5-9-21)16-26(36-39(25)28)33-22-13-11-20(30)12-14-22/h3-10,15-18,20,22,32H,11-14,30H2,1-2H3,(H,33,36)(H,34,41)/t20-,22-. The zero-order valence-corrected chi connectivity index (χ0v) is 23.0. The van der Waals surface area contributed by atoms with E-state index in [9.17, 15) is 4.79 Å². The molecule has 1 aliphatic rings. The minimum atomic E-state index is -0.340. The summed E-state index contributed by atoms with van der Waals surface area (Å²) in [4.78, 5) is 19.6. The quantitative estimate of drug-likeness (QED) is 0.216. The van der Waals surface area contributed by atoms with Crippen molar-refractivity contribution in [1.82, 2.24) is 34.8 Å². The highest BCUT2D eigenvalue weighted by atomic mass is 16.2. The van der Waals surface area contributed by atoms with Crippen molar-refractivity contribution in [3.63, 3.8) is 0 Å². The Bertz CT molecular complexity index is 1650. The Kier molecular flexibility index (Phi) is 7.30. The minimum absolute atomic E-state index is 0.0955. The molecule has 0 spiro atoms. The summed E-state index contributed by atoms with van der Waals surface area (Å²) in [6.07, 6.45) is 5.41. The van der Waals surface area contributed by atoms with Gasteiger partial charge in [-0.15, -0.1) is 15.3 Å². The number of aromatic nitrogens is 7. The van der Waals surface area contributed by atoms with Crippen LogP contribution in [0.4, 0.5) is 22.9 Å². The van der Waals surface area contributed by atoms with Crippen molar-refractivity contribution >= 4 is 34.4 Å². The molecule has 12 heteroatoms. The maximum atomic E-state index is 13.5. The van der Waals surface area contributed by atoms with E-state index in [1.165, 1.54) is 6.20 Å². The number of hydrogen-bond acceptors (Lipinski definition) is 9. The number of rotatable bonds is 8. The van der Waals surface area contributed by atoms with Crippen LogP contribution >= 0.6 is 0 Å². The first-order valence-electron chi connectivity index (χ1n) is 13.9. The largest absolute Gasteiger partial charge is 0.366 e. The molecule has 1 saturated carbocycles. The van der Waals surface area contributed by atoms with E-state index in [-0.39, 0.29) is 24.0 Å². The number of amides is 1. The van der Waals surface area contributed by atoms with Crippen molar-refractivity contribution in [2.75, 3.05) is 16.0 Å². The van der Waals surface area contributed by atoms with Gasteiger partial charge in [0.25, 0.3) is 5.91 Å². The van der Waals surface area contributed by atoms with E-state index in [1.54, 1.807) is 9.31 Å². The number of anilines is 4. The zero-order valence-electron chi connectivity index (χ0n) is 23.0. The zero-order chi connectivity index (χ0) is 28.3. The van der Waals surface area contributed by atoms with Crippen LogP contribution in [0.5, 0.6) is 0 Å². The average Bonchev–Trinajstić information content (AvgIpc) is 3.64. The fourth-order valence-corrected chi connectivity index (χ4v) is 4.93. The molecule has 1 aliphatic carbocycles. The number of benzene rings is 2. The van der Waals surface area contributed by atoms with E-state index in [0.29, 0.717) is 28.7 Å². The fourth-order valence-electron chi connectivity index (χ4n) is 4.93. The third kappa shape index (κ3) is 5.87. The Morgan fingerprint density at radius 2 is 1.76 bits per heavy atom. The van der Waals surface area contributed by atoms with Gasteiger partial charge in [0, 0.05) is 35.1 Å². The number of tetrazole rings is 1. The number of nitrogens with two attached hydrogens (primary N) is 1. The Balaban J connectivity index is 1.30. The predicted octanol–water partition coefficient (Wildman–Crippen LogP) is 4.64. The number of fused-ring (bicyclic) bond motifs is 1. The first kappa shape index (κ1) is 26.4. The van der Waals surface area contributed by atoms with Gasteiger partial charge < -0.3 is 21.7 Å². The van der Waals surface area contributed by atoms with Crippen LogP contribution in [0.25, 0.3) is 17.0 Å². The van der Waals surface area contributed by atoms with E-state index in [4.69, 9.17) is 10.8 Å². The van der Waals surface area contributed by atoms with Gasteiger partial charge in [-0.2, -0.15) is 4.80 Å². The van der Waals surface area contributed by atoms with Crippen molar-refractivity contribution < 1.29 is 4.79 Å². The fraction of sp³-hybridized carbons (Fsp3) is 0.310. The Morgan fingerprint density at radius 3 is 2.51 bits per heavy atom. The molecule has 1 fully saturated rings. The number of hydrogen-bond donors (Lipinski definition) is 4. The number of carbonyl (C=O) groups excluding carboxylic acids is 1. The number of carbonyl (C=O) groups is 1. The predicted molar refractivity (Wildman–Crippen MR) is 158 cm³/mol. The summed E-state index contributed by atoms with van der Waals surface area (Å²) in [5, 5.41) is 27.4. The monoisotopic (exact) mass is 551 g/mol. The van der Waals surface area contributed by atoms with Crippen LogP contribution in [0, 0.1) is 0 Å². The van der Waals surface area contributed by atoms with Gasteiger partial charge >= 0.3 is 0 Å². The number of nitrogens with one attached hydrogen (secondary N) is 3. The first-order valence-corrected chi connectivity index (χ1v) is 13.9. The van der Waals surface area contributed by atoms with Crippen LogP contribution in [-0.2, 0) is 0 Å². The molecule has 0 radical (unpaired) electrons. The van der Waals surface area contributed by atoms with Gasteiger partial charge in [-0.1, -0.05) is 30.3 Å². The van der Waals surface area contributed by atoms with Crippen molar-refractivity contribution in [2.45, 2.75) is 57.7 Å². The van der Waals surface area contributed by atoms with Gasteiger partial charge in [-0.25, -0.2) is 9.50 Å². The number of nitrogens with zero attached hydrogens (tertiary/aromatic N) is 7. The summed E-state index contributed by atoms with van der Waals surface area (Å²) in [6.45, 7) is 3.97. The van der Waals surface area contributed by atoms with Gasteiger partial charge in [0.05, 0.1) is 17.9 Å². The number of imidazole rings is 1. The van der Waals surface area contributed by atoms with Gasteiger partial charge in [0.2, 0.25) is 5.82 Å². The molecular formula is C29H33N11O. The van der Waals surface area contributed by atoms with Crippen LogP contribution < -0.4 is 21.7 Å². The molecule has 210 valence electrons. The summed E-state index contributed by atoms with van der Waals surface area (Å²) in [6, 6.07) is 19.7. The van der Waals surface area contributed by atoms with Crippen LogP contribution in [-0.4, -0.2) is 52.8 Å². The van der Waals surface area contributed by atoms with Crippen LogP contribution in [0.3, 0.4) is 0 Å². The van der Waals surface area contributed by atoms with E-state index in [1.807, 2.05) is 74.5 Å². The lowest BCUT2D eigenvalue weighted by Crippen LogP contribution is -2.33. The molecule has 3 heterocycles. The summed E-state index contributed by atoms with van der Waals surface area (Å²) >= 11 is 0. The molecule has 1 amide bonds. The van der Waals surface area contributed by atoms with Crippen molar-refractivity contribution in [3.8, 4) is 11.4 Å². The maximum Gasteiger partial charge on any atom is 0.276 e. The second kappa shape index (κ2) is 11.3. The molecule has 0 unspecified atom stereocenters. The highest BCUT2D eigenvalue weighted by Crippen LogP contribution is 2.27. The molecule has 2 aromatic carbocycles. The van der Waals surface area contributed by atoms with Crippen LogP contribution in [0.1, 0.15) is 56.1 Å². The van der Waals surface area contributed by atoms with Gasteiger partial charge in [0.15, 0.2) is 11.3 Å². The highest BCUT2D eigenvalue weighted by molar-refractivity contribution is 6.04. The Hall–Kier alpha value is -4.84. The third-order valence-electron chi connectivity index (χ3n) is 7.15. The van der Waals surface area contributed by atoms with E-state index >= 15 is 0 Å². The molecule has 12 nitrogen and oxygen atoms in total. The van der Waals surface area contributed by atoms with Gasteiger partial charge in [-0.05, 0) is 69.0 Å².